The molecule has 2 aromatic heterocycles. The van der Waals surface area contributed by atoms with Crippen molar-refractivity contribution >= 4 is 22.5 Å². The van der Waals surface area contributed by atoms with Crippen molar-refractivity contribution in [3.63, 3.8) is 0 Å². The van der Waals surface area contributed by atoms with Crippen LogP contribution in [0.15, 0.2) is 30.7 Å². The smallest absolute Gasteiger partial charge is 0.163 e. The molecule has 100 valence electrons. The molecule has 3 heterocycles. The van der Waals surface area contributed by atoms with Crippen LogP contribution < -0.4 is 4.90 Å². The minimum absolute atomic E-state index is 0.871. The number of anilines is 2. The third-order valence-corrected chi connectivity index (χ3v) is 4.03. The molecule has 20 heavy (non-hydrogen) atoms. The minimum atomic E-state index is 0.871. The normalized spacial score (nSPS) is 14.0. The van der Waals surface area contributed by atoms with Crippen LogP contribution in [0.4, 0.5) is 11.5 Å². The number of fused-ring (bicyclic) bond motifs is 2. The van der Waals surface area contributed by atoms with E-state index in [0.29, 0.717) is 0 Å². The van der Waals surface area contributed by atoms with E-state index in [0.717, 1.165) is 29.8 Å². The summed E-state index contributed by atoms with van der Waals surface area (Å²) >= 11 is 0. The van der Waals surface area contributed by atoms with Gasteiger partial charge in [-0.2, -0.15) is 5.10 Å². The molecule has 1 aliphatic rings. The lowest BCUT2D eigenvalue weighted by Gasteiger charge is -2.19. The average molecular weight is 265 g/mol. The summed E-state index contributed by atoms with van der Waals surface area (Å²) in [6.45, 7) is 3.13. The number of aryl methyl sites for hydroxylation is 2. The fraction of sp³-hybridized carbons (Fsp3) is 0.267. The van der Waals surface area contributed by atoms with Crippen molar-refractivity contribution in [1.29, 1.82) is 0 Å². The van der Waals surface area contributed by atoms with Crippen LogP contribution in [-0.2, 0) is 13.5 Å². The number of aromatic nitrogens is 4. The lowest BCUT2D eigenvalue weighted by molar-refractivity contribution is 0.785. The van der Waals surface area contributed by atoms with Crippen molar-refractivity contribution in [3.8, 4) is 0 Å². The van der Waals surface area contributed by atoms with E-state index in [1.807, 2.05) is 13.2 Å². The number of hydrogen-bond acceptors (Lipinski definition) is 4. The van der Waals surface area contributed by atoms with Crippen LogP contribution in [0.25, 0.3) is 11.0 Å². The van der Waals surface area contributed by atoms with Gasteiger partial charge in [0, 0.05) is 19.3 Å². The van der Waals surface area contributed by atoms with E-state index in [1.165, 1.54) is 16.8 Å². The predicted octanol–water partition coefficient (Wildman–Crippen LogP) is 2.37. The Hall–Kier alpha value is -2.43. The Kier molecular flexibility index (Phi) is 2.30. The van der Waals surface area contributed by atoms with Gasteiger partial charge in [0.15, 0.2) is 5.65 Å². The maximum Gasteiger partial charge on any atom is 0.163 e. The second-order valence-electron chi connectivity index (χ2n) is 5.18. The molecule has 5 heteroatoms. The summed E-state index contributed by atoms with van der Waals surface area (Å²) in [5, 5.41) is 5.29. The highest BCUT2D eigenvalue weighted by atomic mass is 15.3. The Morgan fingerprint density at radius 2 is 2.10 bits per heavy atom. The minimum Gasteiger partial charge on any atom is -0.325 e. The SMILES string of the molecule is Cc1cccc2c1CCN2c1ncnc2c1cnn2C. The van der Waals surface area contributed by atoms with E-state index in [2.05, 4.69) is 45.1 Å². The molecule has 5 nitrogen and oxygen atoms in total. The molecule has 0 saturated heterocycles. The van der Waals surface area contributed by atoms with E-state index in [-0.39, 0.29) is 0 Å². The molecular formula is C15H15N5. The molecule has 1 aromatic carbocycles. The Labute approximate surface area is 116 Å². The van der Waals surface area contributed by atoms with Crippen molar-refractivity contribution in [2.75, 3.05) is 11.4 Å². The van der Waals surface area contributed by atoms with Crippen molar-refractivity contribution in [2.45, 2.75) is 13.3 Å². The standard InChI is InChI=1S/C15H15N5/c1-10-4-3-5-13-11(10)6-7-20(13)15-12-8-18-19(2)14(12)16-9-17-15/h3-5,8-9H,6-7H2,1-2H3. The van der Waals surface area contributed by atoms with Crippen molar-refractivity contribution < 1.29 is 0 Å². The maximum atomic E-state index is 4.49. The van der Waals surface area contributed by atoms with Gasteiger partial charge < -0.3 is 4.90 Å². The van der Waals surface area contributed by atoms with Crippen molar-refractivity contribution in [1.82, 2.24) is 19.7 Å². The predicted molar refractivity (Wildman–Crippen MR) is 78.2 cm³/mol. The van der Waals surface area contributed by atoms with Crippen LogP contribution >= 0.6 is 0 Å². The Morgan fingerprint density at radius 3 is 3.00 bits per heavy atom. The summed E-state index contributed by atoms with van der Waals surface area (Å²) in [7, 11) is 1.90. The second-order valence-corrected chi connectivity index (χ2v) is 5.18. The molecule has 0 unspecified atom stereocenters. The molecule has 0 spiro atoms. The Bertz CT molecular complexity index is 805. The van der Waals surface area contributed by atoms with E-state index < -0.39 is 0 Å². The van der Waals surface area contributed by atoms with Gasteiger partial charge in [0.1, 0.15) is 12.1 Å². The zero-order valence-corrected chi connectivity index (χ0v) is 11.5. The van der Waals surface area contributed by atoms with Crippen LogP contribution in [0, 0.1) is 6.92 Å². The van der Waals surface area contributed by atoms with Gasteiger partial charge in [-0.1, -0.05) is 12.1 Å². The summed E-state index contributed by atoms with van der Waals surface area (Å²) in [5.74, 6) is 0.951. The number of rotatable bonds is 1. The van der Waals surface area contributed by atoms with E-state index >= 15 is 0 Å². The van der Waals surface area contributed by atoms with E-state index in [1.54, 1.807) is 11.0 Å². The molecule has 0 N–H and O–H groups in total. The van der Waals surface area contributed by atoms with Gasteiger partial charge >= 0.3 is 0 Å². The summed E-state index contributed by atoms with van der Waals surface area (Å²) in [5.41, 5.74) is 4.90. The summed E-state index contributed by atoms with van der Waals surface area (Å²) in [6.07, 6.45) is 4.53. The Balaban J connectivity index is 1.93. The average Bonchev–Trinajstić information content (AvgIpc) is 3.04. The molecular weight excluding hydrogens is 250 g/mol. The third-order valence-electron chi connectivity index (χ3n) is 4.03. The van der Waals surface area contributed by atoms with E-state index in [9.17, 15) is 0 Å². The van der Waals surface area contributed by atoms with Gasteiger partial charge in [0.05, 0.1) is 11.6 Å². The number of benzene rings is 1. The van der Waals surface area contributed by atoms with Crippen LogP contribution in [0.2, 0.25) is 0 Å². The van der Waals surface area contributed by atoms with Crippen LogP contribution in [0.5, 0.6) is 0 Å². The molecule has 0 amide bonds. The topological polar surface area (TPSA) is 46.8 Å². The fourth-order valence-electron chi connectivity index (χ4n) is 2.99. The van der Waals surface area contributed by atoms with Crippen LogP contribution in [0.1, 0.15) is 11.1 Å². The van der Waals surface area contributed by atoms with Crippen molar-refractivity contribution in [3.05, 3.63) is 41.9 Å². The highest BCUT2D eigenvalue weighted by Gasteiger charge is 2.24. The third kappa shape index (κ3) is 1.46. The maximum absolute atomic E-state index is 4.49. The summed E-state index contributed by atoms with van der Waals surface area (Å²) in [4.78, 5) is 11.1. The molecule has 4 rings (SSSR count). The molecule has 0 aliphatic carbocycles. The fourth-order valence-corrected chi connectivity index (χ4v) is 2.99. The molecule has 1 aliphatic heterocycles. The van der Waals surface area contributed by atoms with Gasteiger partial charge in [-0.25, -0.2) is 9.97 Å². The van der Waals surface area contributed by atoms with Gasteiger partial charge in [-0.3, -0.25) is 4.68 Å². The molecule has 0 radical (unpaired) electrons. The lowest BCUT2D eigenvalue weighted by atomic mass is 10.1. The number of hydrogen-bond donors (Lipinski definition) is 0. The number of nitrogens with zero attached hydrogens (tertiary/aromatic N) is 5. The zero-order chi connectivity index (χ0) is 13.7. The van der Waals surface area contributed by atoms with Gasteiger partial charge in [0.2, 0.25) is 0 Å². The van der Waals surface area contributed by atoms with Crippen LogP contribution in [-0.4, -0.2) is 26.3 Å². The first-order valence-corrected chi connectivity index (χ1v) is 6.74. The first-order valence-electron chi connectivity index (χ1n) is 6.74. The van der Waals surface area contributed by atoms with E-state index in [4.69, 9.17) is 0 Å². The van der Waals surface area contributed by atoms with Crippen LogP contribution in [0.3, 0.4) is 0 Å². The highest BCUT2D eigenvalue weighted by Crippen LogP contribution is 2.37. The van der Waals surface area contributed by atoms with Crippen molar-refractivity contribution in [2.24, 2.45) is 7.05 Å². The molecule has 0 atom stereocenters. The Morgan fingerprint density at radius 1 is 1.20 bits per heavy atom. The second kappa shape index (κ2) is 4.03. The van der Waals surface area contributed by atoms with Gasteiger partial charge in [-0.05, 0) is 30.5 Å². The summed E-state index contributed by atoms with van der Waals surface area (Å²) < 4.78 is 1.79. The molecule has 0 saturated carbocycles. The highest BCUT2D eigenvalue weighted by molar-refractivity contribution is 5.90. The first-order chi connectivity index (χ1) is 9.75. The van der Waals surface area contributed by atoms with Gasteiger partial charge in [0.25, 0.3) is 0 Å². The lowest BCUT2D eigenvalue weighted by Crippen LogP contribution is -2.15. The largest absolute Gasteiger partial charge is 0.325 e. The molecule has 3 aromatic rings. The molecule has 0 bridgehead atoms. The summed E-state index contributed by atoms with van der Waals surface area (Å²) in [6, 6.07) is 6.44. The first kappa shape index (κ1) is 11.4. The quantitative estimate of drug-likeness (QED) is 0.677. The molecule has 0 fully saturated rings. The van der Waals surface area contributed by atoms with Gasteiger partial charge in [-0.15, -0.1) is 0 Å². The monoisotopic (exact) mass is 265 g/mol. The zero-order valence-electron chi connectivity index (χ0n) is 11.5.